The molecule has 96 valence electrons. The first kappa shape index (κ1) is 12.9. The van der Waals surface area contributed by atoms with Crippen molar-refractivity contribution in [3.8, 4) is 0 Å². The van der Waals surface area contributed by atoms with Crippen molar-refractivity contribution in [2.45, 2.75) is 11.4 Å². The molecule has 1 aromatic carbocycles. The summed E-state index contributed by atoms with van der Waals surface area (Å²) in [6.45, 7) is 0.288. The normalized spacial score (nSPS) is 11.6. The van der Waals surface area contributed by atoms with Crippen LogP contribution in [0.25, 0.3) is 0 Å². The molecule has 2 aromatic rings. The molecule has 0 fully saturated rings. The number of benzene rings is 1. The average Bonchev–Trinajstić information content (AvgIpc) is 2.78. The third kappa shape index (κ3) is 2.83. The van der Waals surface area contributed by atoms with Gasteiger partial charge in [-0.15, -0.1) is 0 Å². The van der Waals surface area contributed by atoms with Crippen molar-refractivity contribution in [3.05, 3.63) is 41.7 Å². The number of aryl methyl sites for hydroxylation is 1. The molecule has 0 atom stereocenters. The maximum absolute atomic E-state index is 12.1. The van der Waals surface area contributed by atoms with Crippen LogP contribution in [-0.4, -0.2) is 24.0 Å². The van der Waals surface area contributed by atoms with Gasteiger partial charge < -0.3 is 5.73 Å². The summed E-state index contributed by atoms with van der Waals surface area (Å²) in [7, 11) is -3.43. The molecular weight excluding hydrogens is 274 g/mol. The van der Waals surface area contributed by atoms with Gasteiger partial charge in [-0.1, -0.05) is 11.6 Å². The van der Waals surface area contributed by atoms with Crippen LogP contribution in [-0.2, 0) is 16.4 Å². The summed E-state index contributed by atoms with van der Waals surface area (Å²) in [5.74, 6) is -0.0572. The minimum atomic E-state index is -3.43. The van der Waals surface area contributed by atoms with Gasteiger partial charge >= 0.3 is 0 Å². The number of nitrogen functional groups attached to an aromatic ring is 1. The van der Waals surface area contributed by atoms with Crippen LogP contribution in [0.1, 0.15) is 0 Å². The van der Waals surface area contributed by atoms with Gasteiger partial charge in [-0.05, 0) is 24.3 Å². The van der Waals surface area contributed by atoms with E-state index in [1.807, 2.05) is 0 Å². The third-order valence-corrected chi connectivity index (χ3v) is 4.61. The van der Waals surface area contributed by atoms with E-state index in [0.717, 1.165) is 0 Å². The number of sulfone groups is 1. The quantitative estimate of drug-likeness (QED) is 0.866. The molecule has 0 saturated carbocycles. The fraction of sp³-hybridized carbons (Fsp3) is 0.182. The van der Waals surface area contributed by atoms with Gasteiger partial charge in [-0.25, -0.2) is 8.42 Å². The van der Waals surface area contributed by atoms with Crippen molar-refractivity contribution in [3.63, 3.8) is 0 Å². The zero-order valence-corrected chi connectivity index (χ0v) is 11.0. The zero-order valence-electron chi connectivity index (χ0n) is 9.45. The second-order valence-corrected chi connectivity index (χ2v) is 6.26. The topological polar surface area (TPSA) is 78.0 Å². The highest BCUT2D eigenvalue weighted by Gasteiger charge is 2.18. The molecule has 0 radical (unpaired) electrons. The molecule has 0 unspecified atom stereocenters. The van der Waals surface area contributed by atoms with E-state index in [0.29, 0.717) is 5.69 Å². The molecule has 0 aliphatic heterocycles. The first-order valence-corrected chi connectivity index (χ1v) is 7.27. The second-order valence-electron chi connectivity index (χ2n) is 3.78. The van der Waals surface area contributed by atoms with E-state index >= 15 is 0 Å². The van der Waals surface area contributed by atoms with E-state index in [1.165, 1.54) is 18.2 Å². The van der Waals surface area contributed by atoms with Crippen LogP contribution in [0.2, 0.25) is 5.02 Å². The lowest BCUT2D eigenvalue weighted by Crippen LogP contribution is -2.14. The van der Waals surface area contributed by atoms with Gasteiger partial charge in [0.05, 0.1) is 22.2 Å². The number of rotatable bonds is 4. The molecule has 0 aliphatic carbocycles. The lowest BCUT2D eigenvalue weighted by Gasteiger charge is -2.07. The van der Waals surface area contributed by atoms with Crippen LogP contribution < -0.4 is 5.73 Å². The van der Waals surface area contributed by atoms with Gasteiger partial charge in [0.2, 0.25) is 0 Å². The highest BCUT2D eigenvalue weighted by atomic mass is 35.5. The number of nitrogens with zero attached hydrogens (tertiary/aromatic N) is 2. The van der Waals surface area contributed by atoms with Crippen LogP contribution in [0.4, 0.5) is 5.69 Å². The zero-order chi connectivity index (χ0) is 13.2. The van der Waals surface area contributed by atoms with Crippen molar-refractivity contribution in [1.29, 1.82) is 0 Å². The van der Waals surface area contributed by atoms with Crippen LogP contribution in [0.5, 0.6) is 0 Å². The third-order valence-electron chi connectivity index (χ3n) is 2.44. The molecule has 1 heterocycles. The summed E-state index contributed by atoms with van der Waals surface area (Å²) in [5.41, 5.74) is 5.96. The first-order valence-electron chi connectivity index (χ1n) is 5.24. The largest absolute Gasteiger partial charge is 0.399 e. The second kappa shape index (κ2) is 4.99. The number of aromatic nitrogens is 2. The van der Waals surface area contributed by atoms with Crippen molar-refractivity contribution in [2.75, 3.05) is 11.5 Å². The first-order chi connectivity index (χ1) is 8.49. The Bertz CT molecular complexity index is 638. The lowest BCUT2D eigenvalue weighted by atomic mass is 10.3. The van der Waals surface area contributed by atoms with E-state index in [4.69, 9.17) is 17.3 Å². The summed E-state index contributed by atoms with van der Waals surface area (Å²) in [6, 6.07) is 6.12. The van der Waals surface area contributed by atoms with Gasteiger partial charge in [-0.2, -0.15) is 5.10 Å². The number of hydrogen-bond donors (Lipinski definition) is 1. The molecule has 0 bridgehead atoms. The Hall–Kier alpha value is -1.53. The van der Waals surface area contributed by atoms with Crippen LogP contribution in [0.15, 0.2) is 41.6 Å². The highest BCUT2D eigenvalue weighted by Crippen LogP contribution is 2.24. The van der Waals surface area contributed by atoms with Gasteiger partial charge in [-0.3, -0.25) is 4.68 Å². The van der Waals surface area contributed by atoms with Gasteiger partial charge in [0, 0.05) is 18.1 Å². The maximum Gasteiger partial charge on any atom is 0.181 e. The van der Waals surface area contributed by atoms with Gasteiger partial charge in [0.25, 0.3) is 0 Å². The minimum Gasteiger partial charge on any atom is -0.399 e. The molecule has 0 aliphatic rings. The minimum absolute atomic E-state index is 0.0572. The molecular formula is C11H12ClN3O2S. The lowest BCUT2D eigenvalue weighted by molar-refractivity contribution is 0.581. The number of hydrogen-bond acceptors (Lipinski definition) is 4. The highest BCUT2D eigenvalue weighted by molar-refractivity contribution is 7.91. The van der Waals surface area contributed by atoms with Crippen molar-refractivity contribution >= 4 is 27.1 Å². The fourth-order valence-electron chi connectivity index (χ4n) is 1.53. The number of nitrogens with two attached hydrogens (primary N) is 1. The maximum atomic E-state index is 12.1. The SMILES string of the molecule is Nc1ccc(S(=O)(=O)CCn2cccn2)c(Cl)c1. The van der Waals surface area contributed by atoms with Crippen LogP contribution in [0, 0.1) is 0 Å². The Balaban J connectivity index is 2.20. The van der Waals surface area contributed by atoms with E-state index < -0.39 is 9.84 Å². The molecule has 7 heteroatoms. The molecule has 1 aromatic heterocycles. The van der Waals surface area contributed by atoms with Crippen molar-refractivity contribution in [1.82, 2.24) is 9.78 Å². The summed E-state index contributed by atoms with van der Waals surface area (Å²) in [6.07, 6.45) is 3.31. The molecule has 2 rings (SSSR count). The molecule has 18 heavy (non-hydrogen) atoms. The average molecular weight is 286 g/mol. The van der Waals surface area contributed by atoms with E-state index in [-0.39, 0.29) is 22.2 Å². The monoisotopic (exact) mass is 285 g/mol. The van der Waals surface area contributed by atoms with E-state index in [9.17, 15) is 8.42 Å². The van der Waals surface area contributed by atoms with Gasteiger partial charge in [0.1, 0.15) is 0 Å². The standard InChI is InChI=1S/C11H12ClN3O2S/c12-10-8-9(13)2-3-11(10)18(16,17)7-6-15-5-1-4-14-15/h1-5,8H,6-7,13H2. The molecule has 5 nitrogen and oxygen atoms in total. The summed E-state index contributed by atoms with van der Waals surface area (Å²) in [5, 5.41) is 4.10. The Morgan fingerprint density at radius 2 is 2.17 bits per heavy atom. The molecule has 0 amide bonds. The molecule has 0 spiro atoms. The Morgan fingerprint density at radius 3 is 2.78 bits per heavy atom. The predicted molar refractivity (Wildman–Crippen MR) is 70.1 cm³/mol. The van der Waals surface area contributed by atoms with Crippen molar-refractivity contribution in [2.24, 2.45) is 0 Å². The van der Waals surface area contributed by atoms with Crippen LogP contribution >= 0.6 is 11.6 Å². The van der Waals surface area contributed by atoms with Crippen LogP contribution in [0.3, 0.4) is 0 Å². The van der Waals surface area contributed by atoms with E-state index in [1.54, 1.807) is 23.1 Å². The Morgan fingerprint density at radius 1 is 1.39 bits per heavy atom. The van der Waals surface area contributed by atoms with E-state index in [2.05, 4.69) is 5.10 Å². The summed E-state index contributed by atoms with van der Waals surface area (Å²) in [4.78, 5) is 0.102. The summed E-state index contributed by atoms with van der Waals surface area (Å²) >= 11 is 5.89. The van der Waals surface area contributed by atoms with Gasteiger partial charge in [0.15, 0.2) is 9.84 Å². The smallest absolute Gasteiger partial charge is 0.181 e. The fourth-order valence-corrected chi connectivity index (χ4v) is 3.35. The Labute approximate surface area is 110 Å². The summed E-state index contributed by atoms with van der Waals surface area (Å²) < 4.78 is 25.7. The molecule has 2 N–H and O–H groups in total. The number of anilines is 1. The number of halogens is 1. The van der Waals surface area contributed by atoms with Crippen molar-refractivity contribution < 1.29 is 8.42 Å². The predicted octanol–water partition coefficient (Wildman–Crippen LogP) is 1.59. The molecule has 0 saturated heterocycles. The Kier molecular flexibility index (Phi) is 3.58.